The normalized spacial score (nSPS) is 12.8. The summed E-state index contributed by atoms with van der Waals surface area (Å²) in [5.41, 5.74) is -0.367. The number of azo groups is 1. The molecule has 26 heavy (non-hydrogen) atoms. The molecule has 0 saturated carbocycles. The summed E-state index contributed by atoms with van der Waals surface area (Å²) in [5.74, 6) is -0.952. The Morgan fingerprint density at radius 1 is 1.00 bits per heavy atom. The molecule has 0 aliphatic heterocycles. The molecule has 3 aromatic rings. The van der Waals surface area contributed by atoms with Gasteiger partial charge in [0.05, 0.1) is 4.90 Å². The molecule has 2 aromatic carbocycles. The van der Waals surface area contributed by atoms with Gasteiger partial charge in [-0.05, 0) is 23.6 Å². The van der Waals surface area contributed by atoms with Crippen LogP contribution < -0.4 is 0 Å². The van der Waals surface area contributed by atoms with Crippen LogP contribution >= 0.6 is 0 Å². The first kappa shape index (κ1) is 17.9. The number of phenolic OH excluding ortho intramolecular Hbond substituents is 1. The van der Waals surface area contributed by atoms with Gasteiger partial charge in [-0.25, -0.2) is 0 Å². The summed E-state index contributed by atoms with van der Waals surface area (Å²) in [4.78, 5) is 1.07. The Labute approximate surface area is 145 Å². The molecule has 0 aliphatic carbocycles. The minimum absolute atomic E-state index is 0.0444. The number of nitrogens with one attached hydrogen (secondary N) is 1. The summed E-state index contributed by atoms with van der Waals surface area (Å²) in [6.07, 6.45) is 1.21. The van der Waals surface area contributed by atoms with Crippen molar-refractivity contribution in [2.75, 3.05) is 0 Å². The van der Waals surface area contributed by atoms with Crippen LogP contribution in [-0.2, 0) is 20.2 Å². The molecule has 0 unspecified atom stereocenters. The van der Waals surface area contributed by atoms with Gasteiger partial charge in [-0.15, -0.1) is 20.4 Å². The molecule has 136 valence electrons. The van der Waals surface area contributed by atoms with Gasteiger partial charge in [0.2, 0.25) is 0 Å². The van der Waals surface area contributed by atoms with E-state index in [-0.39, 0.29) is 22.4 Å². The SMILES string of the molecule is O=S(=O)(O)c1ccc2c(N=Nc3nnc[nH]3)c(O)c(S(=O)(=O)O)cc2c1. The molecule has 0 amide bonds. The van der Waals surface area contributed by atoms with Crippen molar-refractivity contribution in [3.63, 3.8) is 0 Å². The highest BCUT2D eigenvalue weighted by Gasteiger charge is 2.23. The van der Waals surface area contributed by atoms with Crippen molar-refractivity contribution in [3.8, 4) is 5.75 Å². The van der Waals surface area contributed by atoms with E-state index in [4.69, 9.17) is 4.55 Å². The van der Waals surface area contributed by atoms with Crippen LogP contribution in [0.2, 0.25) is 0 Å². The molecule has 0 aliphatic rings. The second-order valence-corrected chi connectivity index (χ2v) is 7.73. The zero-order chi connectivity index (χ0) is 19.1. The molecule has 14 heteroatoms. The zero-order valence-electron chi connectivity index (χ0n) is 12.5. The summed E-state index contributed by atoms with van der Waals surface area (Å²) in [7, 11) is -9.43. The Hall–Kier alpha value is -2.94. The van der Waals surface area contributed by atoms with Crippen LogP contribution in [-0.4, -0.2) is 46.2 Å². The number of fused-ring (bicyclic) bond motifs is 1. The number of rotatable bonds is 4. The van der Waals surface area contributed by atoms with E-state index in [0.29, 0.717) is 0 Å². The topological polar surface area (TPSA) is 195 Å². The molecule has 0 atom stereocenters. The maximum absolute atomic E-state index is 11.5. The van der Waals surface area contributed by atoms with Crippen molar-refractivity contribution in [3.05, 3.63) is 30.6 Å². The van der Waals surface area contributed by atoms with Gasteiger partial charge in [0, 0.05) is 5.39 Å². The molecule has 1 aromatic heterocycles. The number of aromatic amines is 1. The summed E-state index contributed by atoms with van der Waals surface area (Å²) in [5, 5.41) is 24.6. The Morgan fingerprint density at radius 2 is 1.73 bits per heavy atom. The predicted molar refractivity (Wildman–Crippen MR) is 85.8 cm³/mol. The maximum Gasteiger partial charge on any atom is 0.298 e. The summed E-state index contributed by atoms with van der Waals surface area (Å²) in [6, 6.07) is 3.99. The third kappa shape index (κ3) is 3.38. The number of aromatic hydroxyl groups is 1. The minimum atomic E-state index is -4.87. The van der Waals surface area contributed by atoms with Gasteiger partial charge in [-0.2, -0.15) is 16.8 Å². The average Bonchev–Trinajstić information content (AvgIpc) is 3.04. The Bertz CT molecular complexity index is 1230. The van der Waals surface area contributed by atoms with Crippen LogP contribution in [0.3, 0.4) is 0 Å². The minimum Gasteiger partial charge on any atom is -0.504 e. The van der Waals surface area contributed by atoms with E-state index in [1.165, 1.54) is 12.4 Å². The quantitative estimate of drug-likeness (QED) is 0.372. The van der Waals surface area contributed by atoms with E-state index in [0.717, 1.165) is 18.2 Å². The second-order valence-electron chi connectivity index (χ2n) is 4.92. The van der Waals surface area contributed by atoms with Crippen molar-refractivity contribution in [1.82, 2.24) is 15.2 Å². The standard InChI is InChI=1S/C12H9N5O7S2/c18-11-9(26(22,23)24)4-6-3-7(25(19,20)21)1-2-8(6)10(11)15-17-12-13-5-14-16-12/h1-5,18H,(H,13,14,16)(H,19,20,21)(H,22,23,24). The fourth-order valence-electron chi connectivity index (χ4n) is 2.13. The molecule has 0 saturated heterocycles. The number of hydrogen-bond donors (Lipinski definition) is 4. The second kappa shape index (κ2) is 6.10. The molecule has 0 bridgehead atoms. The lowest BCUT2D eigenvalue weighted by molar-refractivity contribution is 0.445. The lowest BCUT2D eigenvalue weighted by atomic mass is 10.1. The van der Waals surface area contributed by atoms with E-state index in [2.05, 4.69) is 25.4 Å². The maximum atomic E-state index is 11.5. The summed E-state index contributed by atoms with van der Waals surface area (Å²) < 4.78 is 63.9. The summed E-state index contributed by atoms with van der Waals surface area (Å²) in [6.45, 7) is 0. The molecule has 12 nitrogen and oxygen atoms in total. The van der Waals surface area contributed by atoms with E-state index >= 15 is 0 Å². The third-order valence-corrected chi connectivity index (χ3v) is 4.96. The fourth-order valence-corrected chi connectivity index (χ4v) is 3.27. The first-order valence-electron chi connectivity index (χ1n) is 6.60. The molecule has 1 heterocycles. The van der Waals surface area contributed by atoms with Crippen LogP contribution in [0.15, 0.2) is 50.6 Å². The lowest BCUT2D eigenvalue weighted by Crippen LogP contribution is -2.00. The van der Waals surface area contributed by atoms with Crippen LogP contribution in [0.25, 0.3) is 10.8 Å². The van der Waals surface area contributed by atoms with Crippen molar-refractivity contribution in [1.29, 1.82) is 0 Å². The van der Waals surface area contributed by atoms with E-state index < -0.39 is 35.8 Å². The predicted octanol–water partition coefficient (Wildman–Crippen LogP) is 1.57. The Morgan fingerprint density at radius 3 is 2.31 bits per heavy atom. The molecule has 0 radical (unpaired) electrons. The van der Waals surface area contributed by atoms with Crippen molar-refractivity contribution < 1.29 is 31.0 Å². The number of phenols is 1. The van der Waals surface area contributed by atoms with Gasteiger partial charge in [0.25, 0.3) is 26.2 Å². The van der Waals surface area contributed by atoms with Crippen LogP contribution in [0.5, 0.6) is 5.75 Å². The van der Waals surface area contributed by atoms with Crippen LogP contribution in [0.4, 0.5) is 11.6 Å². The molecular formula is C12H9N5O7S2. The van der Waals surface area contributed by atoms with Gasteiger partial charge in [-0.3, -0.25) is 9.11 Å². The smallest absolute Gasteiger partial charge is 0.298 e. The van der Waals surface area contributed by atoms with Gasteiger partial charge < -0.3 is 10.1 Å². The first-order chi connectivity index (χ1) is 12.1. The lowest BCUT2D eigenvalue weighted by Gasteiger charge is -2.09. The third-order valence-electron chi connectivity index (χ3n) is 3.25. The van der Waals surface area contributed by atoms with E-state index in [1.807, 2.05) is 0 Å². The Balaban J connectivity index is 2.35. The Kier molecular flexibility index (Phi) is 4.19. The highest BCUT2D eigenvalue weighted by Crippen LogP contribution is 2.41. The van der Waals surface area contributed by atoms with Crippen molar-refractivity contribution in [2.45, 2.75) is 9.79 Å². The number of benzene rings is 2. The highest BCUT2D eigenvalue weighted by atomic mass is 32.2. The van der Waals surface area contributed by atoms with Gasteiger partial charge in [-0.1, -0.05) is 6.07 Å². The number of aromatic nitrogens is 3. The fraction of sp³-hybridized carbons (Fsp3) is 0. The average molecular weight is 399 g/mol. The molecule has 4 N–H and O–H groups in total. The van der Waals surface area contributed by atoms with Gasteiger partial charge >= 0.3 is 0 Å². The summed E-state index contributed by atoms with van der Waals surface area (Å²) >= 11 is 0. The van der Waals surface area contributed by atoms with Gasteiger partial charge in [0.15, 0.2) is 5.75 Å². The first-order valence-corrected chi connectivity index (χ1v) is 9.48. The number of nitrogens with zero attached hydrogens (tertiary/aromatic N) is 4. The largest absolute Gasteiger partial charge is 0.504 e. The van der Waals surface area contributed by atoms with Crippen molar-refractivity contribution >= 4 is 42.6 Å². The highest BCUT2D eigenvalue weighted by molar-refractivity contribution is 7.86. The van der Waals surface area contributed by atoms with Crippen LogP contribution in [0.1, 0.15) is 0 Å². The molecular weight excluding hydrogens is 390 g/mol. The number of H-pyrrole nitrogens is 1. The van der Waals surface area contributed by atoms with Crippen LogP contribution in [0, 0.1) is 0 Å². The zero-order valence-corrected chi connectivity index (χ0v) is 14.1. The molecule has 0 spiro atoms. The van der Waals surface area contributed by atoms with E-state index in [1.54, 1.807) is 0 Å². The van der Waals surface area contributed by atoms with E-state index in [9.17, 15) is 26.5 Å². The van der Waals surface area contributed by atoms with Crippen molar-refractivity contribution in [2.24, 2.45) is 10.2 Å². The molecule has 0 fully saturated rings. The monoisotopic (exact) mass is 399 g/mol. The van der Waals surface area contributed by atoms with Gasteiger partial charge in [0.1, 0.15) is 16.9 Å². The number of hydrogen-bond acceptors (Lipinski definition) is 9. The molecule has 3 rings (SSSR count).